The quantitative estimate of drug-likeness (QED) is 0.765. The molecule has 2 aliphatic rings. The largest absolute Gasteiger partial charge is 0.481 e. The SMILES string of the molecule is CCN(CC1CCOC1)S(=O)(=O)N1CCC(C(=O)O)CC1. The van der Waals surface area contributed by atoms with Crippen molar-refractivity contribution >= 4 is 16.2 Å². The second kappa shape index (κ2) is 7.04. The smallest absolute Gasteiger partial charge is 0.306 e. The standard InChI is InChI=1S/C13H24N2O5S/c1-2-14(9-11-5-8-20-10-11)21(18,19)15-6-3-12(4-7-15)13(16)17/h11-12H,2-10H2,1H3,(H,16,17). The predicted molar refractivity (Wildman–Crippen MR) is 77.0 cm³/mol. The molecule has 7 nitrogen and oxygen atoms in total. The third-order valence-electron chi connectivity index (χ3n) is 4.29. The average molecular weight is 320 g/mol. The molecule has 2 fully saturated rings. The maximum Gasteiger partial charge on any atom is 0.306 e. The summed E-state index contributed by atoms with van der Waals surface area (Å²) >= 11 is 0. The molecule has 2 heterocycles. The van der Waals surface area contributed by atoms with Crippen molar-refractivity contribution in [3.63, 3.8) is 0 Å². The van der Waals surface area contributed by atoms with Gasteiger partial charge in [-0.15, -0.1) is 0 Å². The van der Waals surface area contributed by atoms with Crippen LogP contribution in [-0.2, 0) is 19.7 Å². The number of rotatable bonds is 6. The van der Waals surface area contributed by atoms with Crippen LogP contribution in [0.25, 0.3) is 0 Å². The van der Waals surface area contributed by atoms with Crippen molar-refractivity contribution in [1.82, 2.24) is 8.61 Å². The summed E-state index contributed by atoms with van der Waals surface area (Å²) in [5.41, 5.74) is 0. The molecule has 0 saturated carbocycles. The summed E-state index contributed by atoms with van der Waals surface area (Å²) in [5, 5.41) is 8.98. The molecule has 0 aromatic carbocycles. The summed E-state index contributed by atoms with van der Waals surface area (Å²) in [7, 11) is -3.49. The van der Waals surface area contributed by atoms with Gasteiger partial charge in [0.05, 0.1) is 12.5 Å². The maximum absolute atomic E-state index is 12.6. The predicted octanol–water partition coefficient (Wildman–Crippen LogP) is 0.386. The third kappa shape index (κ3) is 3.94. The molecule has 8 heteroatoms. The summed E-state index contributed by atoms with van der Waals surface area (Å²) < 4.78 is 33.5. The van der Waals surface area contributed by atoms with Gasteiger partial charge >= 0.3 is 5.97 Å². The van der Waals surface area contributed by atoms with Crippen LogP contribution in [0, 0.1) is 11.8 Å². The van der Waals surface area contributed by atoms with Crippen molar-refractivity contribution in [2.45, 2.75) is 26.2 Å². The van der Waals surface area contributed by atoms with Gasteiger partial charge in [0.15, 0.2) is 0 Å². The minimum Gasteiger partial charge on any atom is -0.481 e. The molecule has 1 N–H and O–H groups in total. The lowest BCUT2D eigenvalue weighted by Crippen LogP contribution is -2.49. The van der Waals surface area contributed by atoms with Crippen LogP contribution in [0.15, 0.2) is 0 Å². The third-order valence-corrected chi connectivity index (χ3v) is 6.37. The van der Waals surface area contributed by atoms with Crippen molar-refractivity contribution in [3.8, 4) is 0 Å². The van der Waals surface area contributed by atoms with Crippen LogP contribution >= 0.6 is 0 Å². The second-order valence-corrected chi connectivity index (χ2v) is 7.63. The highest BCUT2D eigenvalue weighted by molar-refractivity contribution is 7.86. The number of nitrogens with zero attached hydrogens (tertiary/aromatic N) is 2. The Morgan fingerprint density at radius 3 is 2.48 bits per heavy atom. The Labute approximate surface area is 126 Å². The average Bonchev–Trinajstić information content (AvgIpc) is 2.97. The Kier molecular flexibility index (Phi) is 5.59. The van der Waals surface area contributed by atoms with Crippen molar-refractivity contribution < 1.29 is 23.1 Å². The van der Waals surface area contributed by atoms with E-state index < -0.39 is 22.1 Å². The highest BCUT2D eigenvalue weighted by Crippen LogP contribution is 2.23. The topological polar surface area (TPSA) is 87.2 Å². The zero-order valence-electron chi connectivity index (χ0n) is 12.4. The summed E-state index contributed by atoms with van der Waals surface area (Å²) in [5.74, 6) is -0.992. The minimum absolute atomic E-state index is 0.260. The summed E-state index contributed by atoms with van der Waals surface area (Å²) in [6.45, 7) is 4.64. The number of piperidine rings is 1. The molecule has 1 unspecified atom stereocenters. The van der Waals surface area contributed by atoms with Gasteiger partial charge in [0.2, 0.25) is 0 Å². The molecule has 122 valence electrons. The number of carbonyl (C=O) groups is 1. The Hall–Kier alpha value is -0.700. The summed E-state index contributed by atoms with van der Waals surface area (Å²) in [4.78, 5) is 10.9. The van der Waals surface area contributed by atoms with E-state index in [1.165, 1.54) is 8.61 Å². The van der Waals surface area contributed by atoms with Gasteiger partial charge < -0.3 is 9.84 Å². The zero-order chi connectivity index (χ0) is 15.5. The fraction of sp³-hybridized carbons (Fsp3) is 0.923. The van der Waals surface area contributed by atoms with Gasteiger partial charge in [0.25, 0.3) is 10.2 Å². The first-order valence-electron chi connectivity index (χ1n) is 7.51. The molecule has 0 aromatic heterocycles. The van der Waals surface area contributed by atoms with E-state index in [1.54, 1.807) is 0 Å². The van der Waals surface area contributed by atoms with Crippen molar-refractivity contribution in [1.29, 1.82) is 0 Å². The highest BCUT2D eigenvalue weighted by atomic mass is 32.2. The number of ether oxygens (including phenoxy) is 1. The number of hydrogen-bond donors (Lipinski definition) is 1. The molecule has 21 heavy (non-hydrogen) atoms. The van der Waals surface area contributed by atoms with Gasteiger partial charge in [-0.1, -0.05) is 6.92 Å². The fourth-order valence-electron chi connectivity index (χ4n) is 2.90. The molecule has 0 spiro atoms. The van der Waals surface area contributed by atoms with Gasteiger partial charge in [-0.3, -0.25) is 4.79 Å². The molecular formula is C13H24N2O5S. The summed E-state index contributed by atoms with van der Waals surface area (Å²) in [6, 6.07) is 0. The number of hydrogen-bond acceptors (Lipinski definition) is 4. The van der Waals surface area contributed by atoms with Crippen molar-refractivity contribution in [3.05, 3.63) is 0 Å². The van der Waals surface area contributed by atoms with Crippen LogP contribution in [0.1, 0.15) is 26.2 Å². The normalized spacial score (nSPS) is 25.5. The van der Waals surface area contributed by atoms with Crippen LogP contribution in [0.4, 0.5) is 0 Å². The van der Waals surface area contributed by atoms with E-state index in [9.17, 15) is 13.2 Å². The monoisotopic (exact) mass is 320 g/mol. The first-order chi connectivity index (χ1) is 9.95. The van der Waals surface area contributed by atoms with E-state index in [0.29, 0.717) is 39.1 Å². The van der Waals surface area contributed by atoms with Crippen LogP contribution in [0.5, 0.6) is 0 Å². The molecule has 1 atom stereocenters. The van der Waals surface area contributed by atoms with E-state index >= 15 is 0 Å². The van der Waals surface area contributed by atoms with Gasteiger partial charge in [0, 0.05) is 32.8 Å². The lowest BCUT2D eigenvalue weighted by Gasteiger charge is -2.34. The summed E-state index contributed by atoms with van der Waals surface area (Å²) in [6.07, 6.45) is 1.67. The van der Waals surface area contributed by atoms with Crippen LogP contribution in [-0.4, -0.2) is 67.5 Å². The molecule has 0 aromatic rings. The number of carboxylic acids is 1. The first kappa shape index (κ1) is 16.7. The van der Waals surface area contributed by atoms with Gasteiger partial charge in [-0.2, -0.15) is 17.0 Å². The van der Waals surface area contributed by atoms with E-state index in [4.69, 9.17) is 9.84 Å². The van der Waals surface area contributed by atoms with Crippen LogP contribution in [0.2, 0.25) is 0 Å². The van der Waals surface area contributed by atoms with Crippen molar-refractivity contribution in [2.75, 3.05) is 39.4 Å². The van der Waals surface area contributed by atoms with E-state index in [1.807, 2.05) is 6.92 Å². The van der Waals surface area contributed by atoms with Gasteiger partial charge in [-0.05, 0) is 25.2 Å². The van der Waals surface area contributed by atoms with Gasteiger partial charge in [-0.25, -0.2) is 0 Å². The van der Waals surface area contributed by atoms with Gasteiger partial charge in [0.1, 0.15) is 0 Å². The van der Waals surface area contributed by atoms with E-state index in [-0.39, 0.29) is 19.0 Å². The van der Waals surface area contributed by atoms with Crippen LogP contribution in [0.3, 0.4) is 0 Å². The van der Waals surface area contributed by atoms with Crippen molar-refractivity contribution in [2.24, 2.45) is 11.8 Å². The number of carboxylic acid groups (broad SMARTS) is 1. The molecule has 0 aliphatic carbocycles. The van der Waals surface area contributed by atoms with E-state index in [0.717, 1.165) is 6.42 Å². The Balaban J connectivity index is 1.97. The minimum atomic E-state index is -3.49. The lowest BCUT2D eigenvalue weighted by atomic mass is 9.99. The maximum atomic E-state index is 12.6. The zero-order valence-corrected chi connectivity index (χ0v) is 13.2. The molecule has 2 saturated heterocycles. The second-order valence-electron chi connectivity index (χ2n) is 5.70. The van der Waals surface area contributed by atoms with Crippen LogP contribution < -0.4 is 0 Å². The Bertz CT molecular complexity index is 453. The first-order valence-corrected chi connectivity index (χ1v) is 8.90. The Morgan fingerprint density at radius 1 is 1.33 bits per heavy atom. The van der Waals surface area contributed by atoms with E-state index in [2.05, 4.69) is 0 Å². The number of aliphatic carboxylic acids is 1. The Morgan fingerprint density at radius 2 is 2.00 bits per heavy atom. The highest BCUT2D eigenvalue weighted by Gasteiger charge is 2.35. The molecular weight excluding hydrogens is 296 g/mol. The molecule has 2 rings (SSSR count). The molecule has 2 aliphatic heterocycles. The fourth-order valence-corrected chi connectivity index (χ4v) is 4.62. The molecule has 0 radical (unpaired) electrons. The molecule has 0 amide bonds. The molecule has 0 bridgehead atoms. The lowest BCUT2D eigenvalue weighted by molar-refractivity contribution is -0.142.